The van der Waals surface area contributed by atoms with Crippen molar-refractivity contribution in [1.29, 1.82) is 0 Å². The van der Waals surface area contributed by atoms with Crippen molar-refractivity contribution in [3.05, 3.63) is 35.9 Å². The quantitative estimate of drug-likeness (QED) is 0.176. The molecule has 10 nitrogen and oxygen atoms in total. The molecule has 0 radical (unpaired) electrons. The van der Waals surface area contributed by atoms with Crippen LogP contribution in [0.1, 0.15) is 73.6 Å². The van der Waals surface area contributed by atoms with Crippen LogP contribution >= 0.6 is 11.8 Å². The molecule has 1 saturated carbocycles. The predicted octanol–water partition coefficient (Wildman–Crippen LogP) is 5.44. The molecule has 4 rings (SSSR count). The molecule has 2 aliphatic heterocycles. The Hall–Kier alpha value is -2.73. The van der Waals surface area contributed by atoms with E-state index >= 15 is 0 Å². The van der Waals surface area contributed by atoms with Crippen LogP contribution in [0.4, 0.5) is 10.5 Å². The Morgan fingerprint density at radius 2 is 1.86 bits per heavy atom. The van der Waals surface area contributed by atoms with Crippen molar-refractivity contribution < 1.29 is 38.1 Å². The summed E-state index contributed by atoms with van der Waals surface area (Å²) < 4.78 is 23.8. The number of carbonyl (C=O) groups excluding carboxylic acids is 4. The highest BCUT2D eigenvalue weighted by Gasteiger charge is 2.72. The van der Waals surface area contributed by atoms with Gasteiger partial charge in [-0.25, -0.2) is 4.79 Å². The van der Waals surface area contributed by atoms with E-state index in [9.17, 15) is 19.2 Å². The number of ether oxygens (including phenoxy) is 4. The highest BCUT2D eigenvalue weighted by atomic mass is 32.2. The van der Waals surface area contributed by atoms with Crippen LogP contribution in [-0.4, -0.2) is 72.7 Å². The molecule has 2 saturated heterocycles. The van der Waals surface area contributed by atoms with Gasteiger partial charge in [0.25, 0.3) is 0 Å². The number of imide groups is 1. The molecule has 0 bridgehead atoms. The zero-order valence-corrected chi connectivity index (χ0v) is 27.6. The minimum Gasteiger partial charge on any atom is -0.443 e. The highest BCUT2D eigenvalue weighted by Crippen LogP contribution is 2.59. The summed E-state index contributed by atoms with van der Waals surface area (Å²) in [7, 11) is 1.61. The summed E-state index contributed by atoms with van der Waals surface area (Å²) in [6.07, 6.45) is 2.74. The van der Waals surface area contributed by atoms with E-state index in [0.29, 0.717) is 25.1 Å². The minimum absolute atomic E-state index is 0.0253. The molecule has 3 fully saturated rings. The summed E-state index contributed by atoms with van der Waals surface area (Å²) in [5, 5.41) is 5.12. The zero-order chi connectivity index (χ0) is 32.3. The van der Waals surface area contributed by atoms with Crippen molar-refractivity contribution in [3.8, 4) is 0 Å². The summed E-state index contributed by atoms with van der Waals surface area (Å²) >= 11 is 1.22. The summed E-state index contributed by atoms with van der Waals surface area (Å²) in [6.45, 7) is 12.3. The molecule has 242 valence electrons. The number of Topliss-reactive ketones (excluding diaryl/α,β-unsaturated/α-hetero) is 1. The van der Waals surface area contributed by atoms with Crippen LogP contribution in [0.15, 0.2) is 40.8 Å². The molecule has 0 unspecified atom stereocenters. The molecule has 1 aromatic rings. The van der Waals surface area contributed by atoms with E-state index in [1.165, 1.54) is 17.3 Å². The zero-order valence-electron chi connectivity index (χ0n) is 26.8. The average Bonchev–Trinajstić information content (AvgIpc) is 3.86. The third-order valence-electron chi connectivity index (χ3n) is 8.64. The lowest BCUT2D eigenvalue weighted by Crippen LogP contribution is -2.56. The van der Waals surface area contributed by atoms with Gasteiger partial charge in [-0.05, 0) is 58.2 Å². The van der Waals surface area contributed by atoms with Gasteiger partial charge in [-0.2, -0.15) is 0 Å². The maximum Gasteiger partial charge on any atom is 0.414 e. The summed E-state index contributed by atoms with van der Waals surface area (Å²) in [4.78, 5) is 50.6. The first-order valence-corrected chi connectivity index (χ1v) is 16.2. The Bertz CT molecular complexity index is 1280. The second kappa shape index (κ2) is 13.7. The SMILES string of the molecule is CO[C@@H]1[C@H](OC(=O)NC(=O)CSc2cccc(NC(=O)CCC(=O)C(C)(C)C)c2)CC[C@]2(CO2)[C@H]1[C@]1(C)O[C@@H]1CC=C(C)C. The van der Waals surface area contributed by atoms with Crippen molar-refractivity contribution in [3.63, 3.8) is 0 Å². The number of thioether (sulfide) groups is 1. The summed E-state index contributed by atoms with van der Waals surface area (Å²) in [5.74, 6) is -0.867. The van der Waals surface area contributed by atoms with Crippen LogP contribution in [0.3, 0.4) is 0 Å². The number of benzene rings is 1. The van der Waals surface area contributed by atoms with Gasteiger partial charge < -0.3 is 24.3 Å². The first-order chi connectivity index (χ1) is 20.7. The first kappa shape index (κ1) is 34.1. The van der Waals surface area contributed by atoms with Crippen LogP contribution in [0, 0.1) is 11.3 Å². The second-order valence-corrected chi connectivity index (χ2v) is 14.5. The summed E-state index contributed by atoms with van der Waals surface area (Å²) in [6, 6.07) is 7.05. The fraction of sp³-hybridized carbons (Fsp3) is 0.636. The fourth-order valence-corrected chi connectivity index (χ4v) is 6.78. The number of hydrogen-bond donors (Lipinski definition) is 2. The third-order valence-corrected chi connectivity index (χ3v) is 9.63. The Morgan fingerprint density at radius 3 is 2.50 bits per heavy atom. The van der Waals surface area contributed by atoms with Gasteiger partial charge in [-0.15, -0.1) is 11.8 Å². The number of hydrogen-bond acceptors (Lipinski definition) is 9. The maximum atomic E-state index is 12.8. The number of allylic oxidation sites excluding steroid dienone is 1. The number of methoxy groups -OCH3 is 1. The van der Waals surface area contributed by atoms with Crippen LogP contribution in [0.25, 0.3) is 0 Å². The van der Waals surface area contributed by atoms with Crippen LogP contribution in [0.2, 0.25) is 0 Å². The summed E-state index contributed by atoms with van der Waals surface area (Å²) in [5.41, 5.74) is 0.519. The number of rotatable bonds is 12. The molecule has 2 heterocycles. The number of ketones is 1. The first-order valence-electron chi connectivity index (χ1n) is 15.2. The molecule has 0 aromatic heterocycles. The number of epoxide rings is 2. The lowest BCUT2D eigenvalue weighted by molar-refractivity contribution is -0.128. The molecule has 3 aliphatic rings. The Balaban J connectivity index is 1.26. The van der Waals surface area contributed by atoms with Gasteiger partial charge in [0.15, 0.2) is 0 Å². The molecule has 1 aliphatic carbocycles. The van der Waals surface area contributed by atoms with Gasteiger partial charge in [0, 0.05) is 35.9 Å². The van der Waals surface area contributed by atoms with Crippen molar-refractivity contribution in [2.24, 2.45) is 11.3 Å². The predicted molar refractivity (Wildman–Crippen MR) is 167 cm³/mol. The van der Waals surface area contributed by atoms with E-state index in [2.05, 4.69) is 37.5 Å². The number of amides is 3. The molecule has 3 amide bonds. The third kappa shape index (κ3) is 8.50. The number of anilines is 1. The van der Waals surface area contributed by atoms with Crippen LogP contribution < -0.4 is 10.6 Å². The molecule has 44 heavy (non-hydrogen) atoms. The Kier molecular flexibility index (Phi) is 10.7. The monoisotopic (exact) mass is 630 g/mol. The largest absolute Gasteiger partial charge is 0.443 e. The van der Waals surface area contributed by atoms with E-state index in [-0.39, 0.29) is 47.9 Å². The van der Waals surface area contributed by atoms with E-state index in [1.54, 1.807) is 25.3 Å². The molecular weight excluding hydrogens is 584 g/mol. The molecule has 1 aromatic carbocycles. The molecule has 2 N–H and O–H groups in total. The molecule has 6 atom stereocenters. The van der Waals surface area contributed by atoms with Gasteiger partial charge in [0.05, 0.1) is 24.4 Å². The van der Waals surface area contributed by atoms with E-state index in [4.69, 9.17) is 18.9 Å². The molecular formula is C33H46N2O8S. The normalized spacial score (nSPS) is 29.0. The Morgan fingerprint density at radius 1 is 1.14 bits per heavy atom. The lowest BCUT2D eigenvalue weighted by atomic mass is 9.68. The van der Waals surface area contributed by atoms with E-state index in [1.807, 2.05) is 26.8 Å². The number of carbonyl (C=O) groups is 4. The second-order valence-electron chi connectivity index (χ2n) is 13.4. The van der Waals surface area contributed by atoms with Crippen molar-refractivity contribution in [2.75, 3.05) is 24.8 Å². The lowest BCUT2D eigenvalue weighted by Gasteiger charge is -2.42. The fourth-order valence-electron chi connectivity index (χ4n) is 6.03. The van der Waals surface area contributed by atoms with E-state index < -0.39 is 35.2 Å². The van der Waals surface area contributed by atoms with Crippen molar-refractivity contribution >= 4 is 41.1 Å². The smallest absolute Gasteiger partial charge is 0.414 e. The van der Waals surface area contributed by atoms with Crippen LogP contribution in [-0.2, 0) is 33.3 Å². The molecule has 11 heteroatoms. The molecule has 1 spiro atoms. The Labute approximate surface area is 264 Å². The van der Waals surface area contributed by atoms with Gasteiger partial charge in [0.1, 0.15) is 29.2 Å². The van der Waals surface area contributed by atoms with Gasteiger partial charge in [-0.1, -0.05) is 38.5 Å². The topological polar surface area (TPSA) is 136 Å². The van der Waals surface area contributed by atoms with Crippen molar-refractivity contribution in [2.45, 2.75) is 108 Å². The minimum atomic E-state index is -0.817. The van der Waals surface area contributed by atoms with E-state index in [0.717, 1.165) is 11.3 Å². The van der Waals surface area contributed by atoms with Crippen LogP contribution in [0.5, 0.6) is 0 Å². The number of alkyl carbamates (subject to hydrolysis) is 1. The number of nitrogens with one attached hydrogen (secondary N) is 2. The average molecular weight is 631 g/mol. The van der Waals surface area contributed by atoms with Crippen molar-refractivity contribution in [1.82, 2.24) is 5.32 Å². The van der Waals surface area contributed by atoms with Gasteiger partial charge in [0.2, 0.25) is 11.8 Å². The van der Waals surface area contributed by atoms with Gasteiger partial charge >= 0.3 is 6.09 Å². The standard InChI is InChI=1S/C33H46N2O8S/c1-20(2)11-13-25-32(6,43-25)29-28(40-7)23(15-16-33(29)19-41-33)42-30(39)35-27(38)18-44-22-10-8-9-21(17-22)34-26(37)14-12-24(36)31(3,4)5/h8-11,17,23,25,28-29H,12-16,18-19H2,1-7H3,(H,34,37)(H,35,38,39)/t23-,25-,28-,29-,32-,33+/m1/s1. The van der Waals surface area contributed by atoms with Gasteiger partial charge in [-0.3, -0.25) is 19.7 Å². The highest BCUT2D eigenvalue weighted by molar-refractivity contribution is 8.00. The maximum absolute atomic E-state index is 12.8.